The molecule has 26 heavy (non-hydrogen) atoms. The van der Waals surface area contributed by atoms with Crippen molar-refractivity contribution in [3.63, 3.8) is 0 Å². The minimum absolute atomic E-state index is 0.0376. The third kappa shape index (κ3) is 3.06. The lowest BCUT2D eigenvalue weighted by molar-refractivity contribution is -0.125. The summed E-state index contributed by atoms with van der Waals surface area (Å²) in [6.07, 6.45) is -0.0376. The second-order valence-electron chi connectivity index (χ2n) is 5.99. The number of rotatable bonds is 3. The highest BCUT2D eigenvalue weighted by molar-refractivity contribution is 6.01. The molecule has 1 atom stereocenters. The minimum atomic E-state index is -0.806. The fourth-order valence-corrected chi connectivity index (χ4v) is 2.93. The SMILES string of the molecule is O=C1C[C@H](C(=O)Nc2cccc(F)c2)n2nc(-c3ccccc3)cc2N1. The van der Waals surface area contributed by atoms with E-state index < -0.39 is 17.8 Å². The highest BCUT2D eigenvalue weighted by atomic mass is 19.1. The fourth-order valence-electron chi connectivity index (χ4n) is 2.93. The Kier molecular flexibility index (Phi) is 3.96. The van der Waals surface area contributed by atoms with E-state index in [0.29, 0.717) is 17.2 Å². The van der Waals surface area contributed by atoms with Crippen LogP contribution in [0.4, 0.5) is 15.9 Å². The zero-order valence-corrected chi connectivity index (χ0v) is 13.6. The van der Waals surface area contributed by atoms with Crippen LogP contribution in [0, 0.1) is 5.82 Å². The smallest absolute Gasteiger partial charge is 0.249 e. The zero-order valence-electron chi connectivity index (χ0n) is 13.6. The Bertz CT molecular complexity index is 984. The summed E-state index contributed by atoms with van der Waals surface area (Å²) >= 11 is 0. The molecular formula is C19H15FN4O2. The molecule has 0 bridgehead atoms. The molecule has 0 radical (unpaired) electrons. The number of fused-ring (bicyclic) bond motifs is 1. The van der Waals surface area contributed by atoms with Crippen LogP contribution in [0.3, 0.4) is 0 Å². The van der Waals surface area contributed by atoms with Crippen LogP contribution in [-0.2, 0) is 9.59 Å². The molecule has 0 fully saturated rings. The van der Waals surface area contributed by atoms with E-state index in [9.17, 15) is 14.0 Å². The van der Waals surface area contributed by atoms with E-state index in [1.807, 2.05) is 30.3 Å². The van der Waals surface area contributed by atoms with Crippen molar-refractivity contribution >= 4 is 23.3 Å². The van der Waals surface area contributed by atoms with Gasteiger partial charge in [0.15, 0.2) is 0 Å². The van der Waals surface area contributed by atoms with Crippen molar-refractivity contribution < 1.29 is 14.0 Å². The summed E-state index contributed by atoms with van der Waals surface area (Å²) in [6, 6.07) is 16.0. The van der Waals surface area contributed by atoms with Crippen LogP contribution in [0.15, 0.2) is 60.7 Å². The summed E-state index contributed by atoms with van der Waals surface area (Å²) in [7, 11) is 0. The molecule has 2 N–H and O–H groups in total. The van der Waals surface area contributed by atoms with Crippen LogP contribution in [-0.4, -0.2) is 21.6 Å². The van der Waals surface area contributed by atoms with E-state index >= 15 is 0 Å². The van der Waals surface area contributed by atoms with Crippen LogP contribution in [0.1, 0.15) is 12.5 Å². The van der Waals surface area contributed by atoms with E-state index in [0.717, 1.165) is 5.56 Å². The summed E-state index contributed by atoms with van der Waals surface area (Å²) in [4.78, 5) is 24.7. The van der Waals surface area contributed by atoms with Gasteiger partial charge in [-0.3, -0.25) is 9.59 Å². The largest absolute Gasteiger partial charge is 0.324 e. The standard InChI is InChI=1S/C19H15FN4O2/c20-13-7-4-8-14(9-13)21-19(26)16-11-18(25)22-17-10-15(23-24(16)17)12-5-2-1-3-6-12/h1-10,16H,11H2,(H,21,26)(H,22,25)/t16-/m1/s1. The Hall–Kier alpha value is -3.48. The third-order valence-corrected chi connectivity index (χ3v) is 4.14. The minimum Gasteiger partial charge on any atom is -0.324 e. The number of carbonyl (C=O) groups is 2. The lowest BCUT2D eigenvalue weighted by Crippen LogP contribution is -2.35. The van der Waals surface area contributed by atoms with E-state index in [1.165, 1.54) is 22.9 Å². The normalized spacial score (nSPS) is 15.9. The van der Waals surface area contributed by atoms with Gasteiger partial charge in [0.05, 0.1) is 12.1 Å². The maximum atomic E-state index is 13.3. The van der Waals surface area contributed by atoms with Gasteiger partial charge in [0, 0.05) is 17.3 Å². The molecule has 6 nitrogen and oxygen atoms in total. The number of amides is 2. The Labute approximate surface area is 148 Å². The van der Waals surface area contributed by atoms with E-state index in [1.54, 1.807) is 12.1 Å². The van der Waals surface area contributed by atoms with Gasteiger partial charge in [0.25, 0.3) is 0 Å². The maximum absolute atomic E-state index is 13.3. The highest BCUT2D eigenvalue weighted by Gasteiger charge is 2.32. The van der Waals surface area contributed by atoms with Crippen molar-refractivity contribution in [1.82, 2.24) is 9.78 Å². The molecule has 130 valence electrons. The second-order valence-corrected chi connectivity index (χ2v) is 5.99. The van der Waals surface area contributed by atoms with Crippen LogP contribution >= 0.6 is 0 Å². The molecule has 0 aliphatic carbocycles. The van der Waals surface area contributed by atoms with Crippen LogP contribution < -0.4 is 10.6 Å². The molecule has 1 aliphatic rings. The van der Waals surface area contributed by atoms with Gasteiger partial charge in [0.2, 0.25) is 11.8 Å². The van der Waals surface area contributed by atoms with Crippen molar-refractivity contribution in [2.24, 2.45) is 0 Å². The lowest BCUT2D eigenvalue weighted by atomic mass is 10.1. The average molecular weight is 350 g/mol. The topological polar surface area (TPSA) is 76.0 Å². The first-order valence-electron chi connectivity index (χ1n) is 8.11. The van der Waals surface area contributed by atoms with Gasteiger partial charge in [0.1, 0.15) is 17.7 Å². The van der Waals surface area contributed by atoms with E-state index in [4.69, 9.17) is 0 Å². The van der Waals surface area contributed by atoms with Gasteiger partial charge in [-0.05, 0) is 18.2 Å². The van der Waals surface area contributed by atoms with Crippen molar-refractivity contribution in [3.8, 4) is 11.3 Å². The Balaban J connectivity index is 1.65. The van der Waals surface area contributed by atoms with Crippen molar-refractivity contribution in [2.45, 2.75) is 12.5 Å². The molecule has 1 aromatic heterocycles. The first-order valence-corrected chi connectivity index (χ1v) is 8.11. The number of benzene rings is 2. The number of hydrogen-bond donors (Lipinski definition) is 2. The van der Waals surface area contributed by atoms with Crippen LogP contribution in [0.2, 0.25) is 0 Å². The molecule has 3 aromatic rings. The zero-order chi connectivity index (χ0) is 18.1. The molecule has 2 amide bonds. The highest BCUT2D eigenvalue weighted by Crippen LogP contribution is 2.30. The number of aromatic nitrogens is 2. The fraction of sp³-hybridized carbons (Fsp3) is 0.105. The molecule has 1 aliphatic heterocycles. The number of hydrogen-bond acceptors (Lipinski definition) is 3. The van der Waals surface area contributed by atoms with E-state index in [2.05, 4.69) is 15.7 Å². The molecular weight excluding hydrogens is 335 g/mol. The molecule has 2 heterocycles. The first kappa shape index (κ1) is 16.0. The van der Waals surface area contributed by atoms with Crippen LogP contribution in [0.25, 0.3) is 11.3 Å². The van der Waals surface area contributed by atoms with Crippen molar-refractivity contribution in [3.05, 3.63) is 66.5 Å². The Morgan fingerprint density at radius 2 is 1.96 bits per heavy atom. The van der Waals surface area contributed by atoms with Gasteiger partial charge in [-0.15, -0.1) is 0 Å². The monoisotopic (exact) mass is 350 g/mol. The molecule has 4 rings (SSSR count). The summed E-state index contributed by atoms with van der Waals surface area (Å²) in [5.74, 6) is -0.680. The molecule has 0 unspecified atom stereocenters. The number of anilines is 2. The second kappa shape index (κ2) is 6.44. The van der Waals surface area contributed by atoms with Gasteiger partial charge < -0.3 is 10.6 Å². The van der Waals surface area contributed by atoms with Crippen molar-refractivity contribution in [1.29, 1.82) is 0 Å². The van der Waals surface area contributed by atoms with E-state index in [-0.39, 0.29) is 12.3 Å². The number of nitrogens with one attached hydrogen (secondary N) is 2. The van der Waals surface area contributed by atoms with Gasteiger partial charge in [-0.2, -0.15) is 5.10 Å². The third-order valence-electron chi connectivity index (χ3n) is 4.14. The van der Waals surface area contributed by atoms with Gasteiger partial charge in [-0.1, -0.05) is 36.4 Å². The Morgan fingerprint density at radius 3 is 2.73 bits per heavy atom. The van der Waals surface area contributed by atoms with Crippen LogP contribution in [0.5, 0.6) is 0 Å². The molecule has 0 saturated heterocycles. The number of carbonyl (C=O) groups excluding carboxylic acids is 2. The molecule has 2 aromatic carbocycles. The van der Waals surface area contributed by atoms with Gasteiger partial charge >= 0.3 is 0 Å². The quantitative estimate of drug-likeness (QED) is 0.762. The number of halogens is 1. The number of nitrogens with zero attached hydrogens (tertiary/aromatic N) is 2. The molecule has 7 heteroatoms. The predicted octanol–water partition coefficient (Wildman–Crippen LogP) is 3.21. The lowest BCUT2D eigenvalue weighted by Gasteiger charge is -2.23. The predicted molar refractivity (Wildman–Crippen MR) is 95.0 cm³/mol. The Morgan fingerprint density at radius 1 is 1.15 bits per heavy atom. The van der Waals surface area contributed by atoms with Gasteiger partial charge in [-0.25, -0.2) is 9.07 Å². The first-order chi connectivity index (χ1) is 12.6. The average Bonchev–Trinajstić information content (AvgIpc) is 3.05. The summed E-state index contributed by atoms with van der Waals surface area (Å²) in [5.41, 5.74) is 1.87. The van der Waals surface area contributed by atoms with Crippen molar-refractivity contribution in [2.75, 3.05) is 10.6 Å². The molecule has 0 spiro atoms. The maximum Gasteiger partial charge on any atom is 0.249 e. The molecule has 0 saturated carbocycles. The summed E-state index contributed by atoms with van der Waals surface area (Å²) in [6.45, 7) is 0. The summed E-state index contributed by atoms with van der Waals surface area (Å²) < 4.78 is 14.8. The summed E-state index contributed by atoms with van der Waals surface area (Å²) in [5, 5.41) is 9.86.